The monoisotopic (exact) mass is 494 g/mol. The summed E-state index contributed by atoms with van der Waals surface area (Å²) in [5.41, 5.74) is 3.76. The molecule has 0 spiro atoms. The first-order valence-electron chi connectivity index (χ1n) is 10.5. The Morgan fingerprint density at radius 2 is 1.71 bits per heavy atom. The summed E-state index contributed by atoms with van der Waals surface area (Å²) in [4.78, 5) is 13.3. The van der Waals surface area contributed by atoms with Gasteiger partial charge in [0.1, 0.15) is 15.6 Å². The quantitative estimate of drug-likeness (QED) is 0.345. The van der Waals surface area contributed by atoms with Gasteiger partial charge in [-0.3, -0.25) is 9.10 Å². The fourth-order valence-corrected chi connectivity index (χ4v) is 6.50. The van der Waals surface area contributed by atoms with E-state index in [0.29, 0.717) is 16.8 Å². The second kappa shape index (κ2) is 9.40. The van der Waals surface area contributed by atoms with Crippen LogP contribution in [0.2, 0.25) is 0 Å². The molecule has 0 aliphatic rings. The minimum absolute atomic E-state index is 0.0575. The van der Waals surface area contributed by atoms with E-state index in [1.165, 1.54) is 25.2 Å². The Balaban J connectivity index is 1.84. The van der Waals surface area contributed by atoms with Crippen LogP contribution in [-0.2, 0) is 10.0 Å². The van der Waals surface area contributed by atoms with Crippen LogP contribution in [0, 0.1) is 19.7 Å². The summed E-state index contributed by atoms with van der Waals surface area (Å²) in [7, 11) is -2.86. The zero-order valence-electron chi connectivity index (χ0n) is 18.9. The topological polar surface area (TPSA) is 66.5 Å². The van der Waals surface area contributed by atoms with Crippen molar-refractivity contribution in [3.63, 3.8) is 0 Å². The number of rotatable bonds is 6. The number of benzene rings is 3. The summed E-state index contributed by atoms with van der Waals surface area (Å²) in [5, 5.41) is 4.51. The van der Waals surface area contributed by atoms with Crippen LogP contribution in [0.3, 0.4) is 0 Å². The van der Waals surface area contributed by atoms with E-state index in [1.54, 1.807) is 35.7 Å². The summed E-state index contributed by atoms with van der Waals surface area (Å²) >= 11 is 1.06. The average molecular weight is 495 g/mol. The van der Waals surface area contributed by atoms with Gasteiger partial charge in [0.05, 0.1) is 5.69 Å². The Labute approximate surface area is 202 Å². The summed E-state index contributed by atoms with van der Waals surface area (Å²) in [6.45, 7) is 3.83. The van der Waals surface area contributed by atoms with Crippen molar-refractivity contribution in [2.45, 2.75) is 18.7 Å². The molecule has 0 atom stereocenters. The van der Waals surface area contributed by atoms with E-state index < -0.39 is 21.7 Å². The maximum Gasteiger partial charge on any atom is 0.267 e. The number of thiophene rings is 1. The van der Waals surface area contributed by atoms with E-state index >= 15 is 0 Å². The molecule has 0 bridgehead atoms. The average Bonchev–Trinajstić information content (AvgIpc) is 3.27. The Morgan fingerprint density at radius 3 is 2.38 bits per heavy atom. The molecule has 1 amide bonds. The molecule has 0 unspecified atom stereocenters. The molecular formula is C26H23FN2O3S2. The summed E-state index contributed by atoms with van der Waals surface area (Å²) in [5.74, 6) is -1.08. The molecule has 5 nitrogen and oxygen atoms in total. The Hall–Kier alpha value is -3.49. The smallest absolute Gasteiger partial charge is 0.267 e. The van der Waals surface area contributed by atoms with E-state index in [1.807, 2.05) is 32.0 Å². The maximum absolute atomic E-state index is 13.8. The number of hydrogen-bond acceptors (Lipinski definition) is 4. The van der Waals surface area contributed by atoms with Crippen LogP contribution in [0.15, 0.2) is 83.1 Å². The van der Waals surface area contributed by atoms with Gasteiger partial charge in [-0.25, -0.2) is 12.8 Å². The van der Waals surface area contributed by atoms with Gasteiger partial charge in [-0.15, -0.1) is 11.3 Å². The van der Waals surface area contributed by atoms with Crippen LogP contribution >= 0.6 is 11.3 Å². The Kier molecular flexibility index (Phi) is 6.54. The molecule has 4 aromatic rings. The van der Waals surface area contributed by atoms with Gasteiger partial charge in [-0.1, -0.05) is 54.1 Å². The largest absolute Gasteiger partial charge is 0.321 e. The number of carbonyl (C=O) groups excluding carboxylic acids is 1. The van der Waals surface area contributed by atoms with Crippen LogP contribution in [-0.4, -0.2) is 21.4 Å². The van der Waals surface area contributed by atoms with Crippen LogP contribution in [0.25, 0.3) is 11.1 Å². The van der Waals surface area contributed by atoms with Crippen molar-refractivity contribution in [2.24, 2.45) is 0 Å². The van der Waals surface area contributed by atoms with Gasteiger partial charge >= 0.3 is 0 Å². The van der Waals surface area contributed by atoms with Gasteiger partial charge in [0.2, 0.25) is 0 Å². The first kappa shape index (κ1) is 23.7. The van der Waals surface area contributed by atoms with E-state index in [4.69, 9.17) is 0 Å². The maximum atomic E-state index is 13.8. The Bertz CT molecular complexity index is 1460. The van der Waals surface area contributed by atoms with Crippen molar-refractivity contribution in [1.82, 2.24) is 0 Å². The van der Waals surface area contributed by atoms with Crippen molar-refractivity contribution in [3.8, 4) is 11.1 Å². The fraction of sp³-hybridized carbons (Fsp3) is 0.115. The zero-order chi connectivity index (χ0) is 24.5. The second-order valence-corrected chi connectivity index (χ2v) is 10.7. The number of amides is 1. The number of anilines is 2. The molecule has 3 aromatic carbocycles. The lowest BCUT2D eigenvalue weighted by Gasteiger charge is -2.21. The first-order valence-corrected chi connectivity index (χ1v) is 12.8. The van der Waals surface area contributed by atoms with Crippen LogP contribution < -0.4 is 9.62 Å². The summed E-state index contributed by atoms with van der Waals surface area (Å²) < 4.78 is 42.5. The molecule has 0 saturated heterocycles. The van der Waals surface area contributed by atoms with E-state index in [2.05, 4.69) is 5.32 Å². The number of sulfonamides is 1. The number of nitrogens with zero attached hydrogens (tertiary/aromatic N) is 1. The number of aryl methyl sites for hydroxylation is 2. The van der Waals surface area contributed by atoms with Gasteiger partial charge in [0, 0.05) is 23.7 Å². The highest BCUT2D eigenvalue weighted by molar-refractivity contribution is 7.93. The van der Waals surface area contributed by atoms with Crippen LogP contribution in [0.1, 0.15) is 20.8 Å². The number of hydrogen-bond donors (Lipinski definition) is 1. The van der Waals surface area contributed by atoms with Crippen molar-refractivity contribution < 1.29 is 17.6 Å². The molecule has 1 aromatic heterocycles. The van der Waals surface area contributed by atoms with E-state index in [9.17, 15) is 17.6 Å². The normalized spacial score (nSPS) is 11.3. The Morgan fingerprint density at radius 1 is 0.971 bits per heavy atom. The highest BCUT2D eigenvalue weighted by atomic mass is 32.2. The van der Waals surface area contributed by atoms with Gasteiger partial charge in [-0.05, 0) is 49.2 Å². The molecule has 0 aliphatic carbocycles. The van der Waals surface area contributed by atoms with Crippen LogP contribution in [0.4, 0.5) is 15.8 Å². The number of halogens is 1. The lowest BCUT2D eigenvalue weighted by atomic mass is 10.1. The molecule has 4 rings (SSSR count). The first-order chi connectivity index (χ1) is 16.2. The van der Waals surface area contributed by atoms with Crippen molar-refractivity contribution >= 4 is 38.6 Å². The molecule has 0 fully saturated rings. The predicted octanol–water partition coefficient (Wildman–Crippen LogP) is 6.25. The summed E-state index contributed by atoms with van der Waals surface area (Å²) in [6, 6.07) is 19.9. The van der Waals surface area contributed by atoms with E-state index in [-0.39, 0.29) is 15.5 Å². The molecule has 34 heavy (non-hydrogen) atoms. The number of nitrogens with one attached hydrogen (secondary N) is 1. The highest BCUT2D eigenvalue weighted by Gasteiger charge is 2.33. The lowest BCUT2D eigenvalue weighted by molar-refractivity contribution is 0.102. The molecule has 8 heteroatoms. The third-order valence-electron chi connectivity index (χ3n) is 5.46. The van der Waals surface area contributed by atoms with Gasteiger partial charge < -0.3 is 5.32 Å². The molecule has 0 saturated carbocycles. The molecular weight excluding hydrogens is 471 g/mol. The lowest BCUT2D eigenvalue weighted by Crippen LogP contribution is -2.28. The number of carbonyl (C=O) groups is 1. The third kappa shape index (κ3) is 4.60. The van der Waals surface area contributed by atoms with Crippen LogP contribution in [0.5, 0.6) is 0 Å². The molecule has 0 radical (unpaired) electrons. The SMILES string of the molecule is Cc1ccc(NC(=O)c2scc(-c3ccccc3)c2S(=O)(=O)N(C)c2cccc(F)c2)c(C)c1. The molecule has 1 heterocycles. The van der Waals surface area contributed by atoms with Crippen molar-refractivity contribution in [3.05, 3.63) is 100.0 Å². The standard InChI is InChI=1S/C26H23FN2O3S2/c1-17-12-13-23(18(2)14-17)28-26(30)24-25(22(16-33-24)19-8-5-4-6-9-19)34(31,32)29(3)21-11-7-10-20(27)15-21/h4-16H,1-3H3,(H,28,30). The van der Waals surface area contributed by atoms with E-state index in [0.717, 1.165) is 32.8 Å². The molecule has 1 N–H and O–H groups in total. The van der Waals surface area contributed by atoms with Crippen molar-refractivity contribution in [2.75, 3.05) is 16.7 Å². The minimum atomic E-state index is -4.21. The minimum Gasteiger partial charge on any atom is -0.321 e. The highest BCUT2D eigenvalue weighted by Crippen LogP contribution is 2.38. The molecule has 174 valence electrons. The van der Waals surface area contributed by atoms with Gasteiger partial charge in [-0.2, -0.15) is 0 Å². The second-order valence-electron chi connectivity index (χ2n) is 7.90. The zero-order valence-corrected chi connectivity index (χ0v) is 20.5. The molecule has 0 aliphatic heterocycles. The third-order valence-corrected chi connectivity index (χ3v) is 8.44. The predicted molar refractivity (Wildman–Crippen MR) is 136 cm³/mol. The van der Waals surface area contributed by atoms with Gasteiger partial charge in [0.25, 0.3) is 15.9 Å². The summed E-state index contributed by atoms with van der Waals surface area (Å²) in [6.07, 6.45) is 0. The van der Waals surface area contributed by atoms with Crippen molar-refractivity contribution in [1.29, 1.82) is 0 Å². The fourth-order valence-electron chi connectivity index (χ4n) is 3.66. The van der Waals surface area contributed by atoms with Gasteiger partial charge in [0.15, 0.2) is 0 Å².